The minimum absolute atomic E-state index is 0.149. The number of nitrogens with one attached hydrogen (secondary N) is 1. The molecule has 7 nitrogen and oxygen atoms in total. The van der Waals surface area contributed by atoms with Crippen molar-refractivity contribution in [3.05, 3.63) is 112 Å². The summed E-state index contributed by atoms with van der Waals surface area (Å²) in [5.41, 5.74) is 4.99. The zero-order chi connectivity index (χ0) is 21.8. The quantitative estimate of drug-likeness (QED) is 0.285. The molecule has 1 aromatic heterocycles. The van der Waals surface area contributed by atoms with Crippen molar-refractivity contribution in [2.24, 2.45) is 5.10 Å². The van der Waals surface area contributed by atoms with Crippen LogP contribution in [0.5, 0.6) is 0 Å². The summed E-state index contributed by atoms with van der Waals surface area (Å²) in [6.07, 6.45) is 3.43. The molecule has 0 aliphatic heterocycles. The van der Waals surface area contributed by atoms with Crippen molar-refractivity contribution < 1.29 is 14.1 Å². The number of hydrogen-bond acceptors (Lipinski definition) is 4. The van der Waals surface area contributed by atoms with Gasteiger partial charge in [-0.05, 0) is 47.5 Å². The maximum Gasteiger partial charge on any atom is 0.271 e. The number of hydrazone groups is 1. The van der Waals surface area contributed by atoms with E-state index in [9.17, 15) is 19.3 Å². The van der Waals surface area contributed by atoms with E-state index < -0.39 is 10.8 Å². The van der Waals surface area contributed by atoms with Gasteiger partial charge in [-0.3, -0.25) is 14.9 Å². The van der Waals surface area contributed by atoms with Crippen molar-refractivity contribution in [3.63, 3.8) is 0 Å². The molecule has 0 radical (unpaired) electrons. The predicted octanol–water partition coefficient (Wildman–Crippen LogP) is 4.50. The van der Waals surface area contributed by atoms with Gasteiger partial charge >= 0.3 is 0 Å². The zero-order valence-electron chi connectivity index (χ0n) is 16.2. The van der Waals surface area contributed by atoms with Gasteiger partial charge in [0, 0.05) is 41.3 Å². The maximum absolute atomic E-state index is 13.4. The highest BCUT2D eigenvalue weighted by Gasteiger charge is 2.10. The maximum atomic E-state index is 13.4. The van der Waals surface area contributed by atoms with E-state index in [4.69, 9.17) is 0 Å². The molecule has 154 valence electrons. The molecule has 0 unspecified atom stereocenters. The van der Waals surface area contributed by atoms with Crippen LogP contribution >= 0.6 is 0 Å². The van der Waals surface area contributed by atoms with Crippen LogP contribution in [-0.4, -0.2) is 21.6 Å². The second-order valence-electron chi connectivity index (χ2n) is 6.90. The Labute approximate surface area is 176 Å². The molecule has 4 aromatic rings. The lowest BCUT2D eigenvalue weighted by Crippen LogP contribution is -2.17. The lowest BCUT2D eigenvalue weighted by Gasteiger charge is -2.06. The third kappa shape index (κ3) is 4.64. The summed E-state index contributed by atoms with van der Waals surface area (Å²) in [6.45, 7) is 0.550. The Bertz CT molecular complexity index is 1310. The van der Waals surface area contributed by atoms with E-state index in [-0.39, 0.29) is 17.1 Å². The molecule has 0 fully saturated rings. The summed E-state index contributed by atoms with van der Waals surface area (Å²) in [5.74, 6) is -0.804. The van der Waals surface area contributed by atoms with Crippen LogP contribution in [0.1, 0.15) is 21.5 Å². The fourth-order valence-electron chi connectivity index (χ4n) is 3.26. The number of amides is 1. The van der Waals surface area contributed by atoms with E-state index >= 15 is 0 Å². The number of aromatic nitrogens is 1. The van der Waals surface area contributed by atoms with E-state index in [1.807, 2.05) is 41.1 Å². The van der Waals surface area contributed by atoms with E-state index in [0.29, 0.717) is 6.54 Å². The number of carbonyl (C=O) groups is 1. The van der Waals surface area contributed by atoms with Crippen LogP contribution in [0.4, 0.5) is 10.1 Å². The summed E-state index contributed by atoms with van der Waals surface area (Å²) in [6, 6.07) is 19.6. The first-order chi connectivity index (χ1) is 15.0. The third-order valence-corrected chi connectivity index (χ3v) is 4.74. The van der Waals surface area contributed by atoms with Gasteiger partial charge in [0.05, 0.1) is 11.1 Å². The minimum Gasteiger partial charge on any atom is -0.343 e. The Morgan fingerprint density at radius 1 is 1.10 bits per heavy atom. The predicted molar refractivity (Wildman–Crippen MR) is 116 cm³/mol. The number of hydrogen-bond donors (Lipinski definition) is 1. The molecular weight excluding hydrogens is 399 g/mol. The molecule has 0 bridgehead atoms. The van der Waals surface area contributed by atoms with Crippen molar-refractivity contribution in [1.82, 2.24) is 9.99 Å². The number of non-ortho nitro benzene ring substituents is 1. The summed E-state index contributed by atoms with van der Waals surface area (Å²) < 4.78 is 15.4. The van der Waals surface area contributed by atoms with Crippen molar-refractivity contribution in [1.29, 1.82) is 0 Å². The van der Waals surface area contributed by atoms with E-state index in [1.54, 1.807) is 6.07 Å². The molecule has 8 heteroatoms. The monoisotopic (exact) mass is 416 g/mol. The topological polar surface area (TPSA) is 89.5 Å². The Hall–Kier alpha value is -4.33. The van der Waals surface area contributed by atoms with Crippen LogP contribution in [0.3, 0.4) is 0 Å². The third-order valence-electron chi connectivity index (χ3n) is 4.74. The van der Waals surface area contributed by atoms with Crippen molar-refractivity contribution >= 4 is 28.7 Å². The highest BCUT2D eigenvalue weighted by Crippen LogP contribution is 2.19. The molecule has 0 saturated heterocycles. The Balaban J connectivity index is 1.45. The summed E-state index contributed by atoms with van der Waals surface area (Å²) in [4.78, 5) is 22.4. The second-order valence-corrected chi connectivity index (χ2v) is 6.90. The van der Waals surface area contributed by atoms with Crippen molar-refractivity contribution in [2.45, 2.75) is 6.54 Å². The van der Waals surface area contributed by atoms with E-state index in [0.717, 1.165) is 22.0 Å². The summed E-state index contributed by atoms with van der Waals surface area (Å²) >= 11 is 0. The molecule has 1 heterocycles. The standard InChI is InChI=1S/C23H17FN4O3/c24-20-5-1-3-17(12-20)15-27-10-9-18-11-16(7-8-22(18)27)14-25-26-23(29)19-4-2-6-21(13-19)28(30)31/h1-14H,15H2,(H,26,29)/b25-14+. The van der Waals surface area contributed by atoms with Gasteiger partial charge in [0.1, 0.15) is 5.82 Å². The van der Waals surface area contributed by atoms with Crippen molar-refractivity contribution in [2.75, 3.05) is 0 Å². The Morgan fingerprint density at radius 2 is 1.94 bits per heavy atom. The SMILES string of the molecule is O=C(N/N=C/c1ccc2c(ccn2Cc2cccc(F)c2)c1)c1cccc([N+](=O)[O-])c1. The number of nitro benzene ring substituents is 1. The minimum atomic E-state index is -0.560. The second kappa shape index (κ2) is 8.58. The van der Waals surface area contributed by atoms with E-state index in [2.05, 4.69) is 10.5 Å². The Kier molecular flexibility index (Phi) is 5.53. The van der Waals surface area contributed by atoms with Crippen LogP contribution in [0.25, 0.3) is 10.9 Å². The van der Waals surface area contributed by atoms with Gasteiger partial charge in [-0.1, -0.05) is 24.3 Å². The fraction of sp³-hybridized carbons (Fsp3) is 0.0435. The number of benzene rings is 3. The molecular formula is C23H17FN4O3. The first-order valence-electron chi connectivity index (χ1n) is 9.41. The number of fused-ring (bicyclic) bond motifs is 1. The highest BCUT2D eigenvalue weighted by atomic mass is 19.1. The molecule has 0 aliphatic rings. The molecule has 31 heavy (non-hydrogen) atoms. The van der Waals surface area contributed by atoms with Crippen LogP contribution in [0.15, 0.2) is 84.1 Å². The van der Waals surface area contributed by atoms with Gasteiger partial charge < -0.3 is 4.57 Å². The lowest BCUT2D eigenvalue weighted by atomic mass is 10.1. The molecule has 0 spiro atoms. The Morgan fingerprint density at radius 3 is 2.74 bits per heavy atom. The normalized spacial score (nSPS) is 11.1. The van der Waals surface area contributed by atoms with Crippen LogP contribution in [-0.2, 0) is 6.54 Å². The zero-order valence-corrected chi connectivity index (χ0v) is 16.2. The largest absolute Gasteiger partial charge is 0.343 e. The molecule has 3 aromatic carbocycles. The first-order valence-corrected chi connectivity index (χ1v) is 9.41. The fourth-order valence-corrected chi connectivity index (χ4v) is 3.26. The number of carbonyl (C=O) groups excluding carboxylic acids is 1. The van der Waals surface area contributed by atoms with Gasteiger partial charge in [0.15, 0.2) is 0 Å². The lowest BCUT2D eigenvalue weighted by molar-refractivity contribution is -0.384. The first kappa shape index (κ1) is 20.0. The van der Waals surface area contributed by atoms with Gasteiger partial charge in [0.2, 0.25) is 0 Å². The van der Waals surface area contributed by atoms with Crippen molar-refractivity contribution in [3.8, 4) is 0 Å². The van der Waals surface area contributed by atoms with Gasteiger partial charge in [0.25, 0.3) is 11.6 Å². The van der Waals surface area contributed by atoms with E-state index in [1.165, 1.54) is 42.6 Å². The number of nitro groups is 1. The molecule has 1 amide bonds. The number of rotatable bonds is 6. The van der Waals surface area contributed by atoms with Crippen LogP contribution < -0.4 is 5.43 Å². The van der Waals surface area contributed by atoms with Gasteiger partial charge in [-0.25, -0.2) is 9.82 Å². The van der Waals surface area contributed by atoms with Gasteiger partial charge in [-0.15, -0.1) is 0 Å². The molecule has 4 rings (SSSR count). The smallest absolute Gasteiger partial charge is 0.271 e. The number of nitrogens with zero attached hydrogens (tertiary/aromatic N) is 3. The number of halogens is 1. The summed E-state index contributed by atoms with van der Waals surface area (Å²) in [7, 11) is 0. The average Bonchev–Trinajstić information content (AvgIpc) is 3.15. The molecule has 0 atom stereocenters. The highest BCUT2D eigenvalue weighted by molar-refractivity contribution is 5.96. The molecule has 0 saturated carbocycles. The average molecular weight is 416 g/mol. The van der Waals surface area contributed by atoms with Gasteiger partial charge in [-0.2, -0.15) is 5.10 Å². The van der Waals surface area contributed by atoms with Crippen LogP contribution in [0.2, 0.25) is 0 Å². The van der Waals surface area contributed by atoms with Crippen LogP contribution in [0, 0.1) is 15.9 Å². The summed E-state index contributed by atoms with van der Waals surface area (Å²) in [5, 5.41) is 15.7. The molecule has 0 aliphatic carbocycles. The molecule has 1 N–H and O–H groups in total.